The van der Waals surface area contributed by atoms with E-state index in [9.17, 15) is 9.59 Å². The molecule has 34 heavy (non-hydrogen) atoms. The maximum Gasteiger partial charge on any atom is 0.258 e. The number of methoxy groups -OCH3 is 1. The van der Waals surface area contributed by atoms with Gasteiger partial charge in [0.1, 0.15) is 11.5 Å². The van der Waals surface area contributed by atoms with Crippen LogP contribution in [0, 0.1) is 0 Å². The summed E-state index contributed by atoms with van der Waals surface area (Å²) in [5, 5.41) is 3.02. The Bertz CT molecular complexity index is 1090. The van der Waals surface area contributed by atoms with E-state index in [4.69, 9.17) is 9.47 Å². The summed E-state index contributed by atoms with van der Waals surface area (Å²) in [7, 11) is 1.67. The van der Waals surface area contributed by atoms with Crippen LogP contribution in [0.3, 0.4) is 0 Å². The van der Waals surface area contributed by atoms with E-state index in [1.807, 2.05) is 36.4 Å². The third kappa shape index (κ3) is 5.83. The lowest BCUT2D eigenvalue weighted by Gasteiger charge is -2.29. The van der Waals surface area contributed by atoms with Crippen LogP contribution >= 0.6 is 0 Å². The van der Waals surface area contributed by atoms with Gasteiger partial charge in [0.05, 0.1) is 13.2 Å². The number of amides is 1. The van der Waals surface area contributed by atoms with Crippen LogP contribution in [0.15, 0.2) is 78.9 Å². The van der Waals surface area contributed by atoms with Crippen LogP contribution in [-0.2, 0) is 4.79 Å². The quantitative estimate of drug-likeness (QED) is 0.460. The SMILES string of the molecule is COc1ccccc1[C@H](CNC(=O)COc1ccc(C(=O)c2ccccc2)cc1)N1CCCC1. The Labute approximate surface area is 200 Å². The minimum atomic E-state index is -0.191. The lowest BCUT2D eigenvalue weighted by Crippen LogP contribution is -2.38. The summed E-state index contributed by atoms with van der Waals surface area (Å²) < 4.78 is 11.2. The number of likely N-dealkylation sites (tertiary alicyclic amines) is 1. The fourth-order valence-electron chi connectivity index (χ4n) is 4.30. The van der Waals surface area contributed by atoms with Gasteiger partial charge in [-0.2, -0.15) is 0 Å². The summed E-state index contributed by atoms with van der Waals surface area (Å²) in [5.41, 5.74) is 2.29. The second-order valence-electron chi connectivity index (χ2n) is 8.31. The molecule has 1 atom stereocenters. The van der Waals surface area contributed by atoms with Gasteiger partial charge < -0.3 is 14.8 Å². The van der Waals surface area contributed by atoms with Crippen molar-refractivity contribution in [3.05, 3.63) is 95.6 Å². The number of hydrogen-bond acceptors (Lipinski definition) is 5. The van der Waals surface area contributed by atoms with Gasteiger partial charge in [-0.25, -0.2) is 0 Å². The van der Waals surface area contributed by atoms with Crippen LogP contribution in [0.25, 0.3) is 0 Å². The highest BCUT2D eigenvalue weighted by Crippen LogP contribution is 2.31. The van der Waals surface area contributed by atoms with E-state index in [1.54, 1.807) is 43.5 Å². The molecule has 0 radical (unpaired) electrons. The molecule has 1 aliphatic rings. The normalized spacial score (nSPS) is 14.4. The molecule has 3 aromatic carbocycles. The van der Waals surface area contributed by atoms with Gasteiger partial charge in [0.2, 0.25) is 0 Å². The molecule has 1 saturated heterocycles. The number of nitrogens with one attached hydrogen (secondary N) is 1. The van der Waals surface area contributed by atoms with Crippen LogP contribution in [-0.4, -0.2) is 49.9 Å². The van der Waals surface area contributed by atoms with Crippen LogP contribution in [0.4, 0.5) is 0 Å². The summed E-state index contributed by atoms with van der Waals surface area (Å²) in [6.45, 7) is 2.39. The predicted octanol–water partition coefficient (Wildman–Crippen LogP) is 4.26. The number of carbonyl (C=O) groups is 2. The van der Waals surface area contributed by atoms with Crippen molar-refractivity contribution in [2.45, 2.75) is 18.9 Å². The van der Waals surface area contributed by atoms with Gasteiger partial charge in [-0.3, -0.25) is 14.5 Å². The second-order valence-corrected chi connectivity index (χ2v) is 8.31. The third-order valence-electron chi connectivity index (χ3n) is 6.09. The van der Waals surface area contributed by atoms with Crippen molar-refractivity contribution in [2.24, 2.45) is 0 Å². The molecule has 0 bridgehead atoms. The zero-order valence-electron chi connectivity index (χ0n) is 19.4. The Kier molecular flexibility index (Phi) is 7.94. The summed E-state index contributed by atoms with van der Waals surface area (Å²) in [4.78, 5) is 27.5. The molecule has 3 aromatic rings. The fourth-order valence-corrected chi connectivity index (χ4v) is 4.30. The van der Waals surface area contributed by atoms with Crippen molar-refractivity contribution in [3.63, 3.8) is 0 Å². The zero-order chi connectivity index (χ0) is 23.8. The molecule has 6 heteroatoms. The molecule has 0 aliphatic carbocycles. The first-order valence-corrected chi connectivity index (χ1v) is 11.6. The largest absolute Gasteiger partial charge is 0.496 e. The monoisotopic (exact) mass is 458 g/mol. The Morgan fingerprint density at radius 2 is 1.53 bits per heavy atom. The predicted molar refractivity (Wildman–Crippen MR) is 131 cm³/mol. The molecular formula is C28H30N2O4. The van der Waals surface area contributed by atoms with Crippen molar-refractivity contribution in [1.82, 2.24) is 10.2 Å². The van der Waals surface area contributed by atoms with E-state index in [-0.39, 0.29) is 24.3 Å². The van der Waals surface area contributed by atoms with Gasteiger partial charge in [-0.05, 0) is 56.3 Å². The molecule has 6 nitrogen and oxygen atoms in total. The lowest BCUT2D eigenvalue weighted by atomic mass is 10.0. The molecule has 1 aliphatic heterocycles. The minimum Gasteiger partial charge on any atom is -0.496 e. The summed E-state index contributed by atoms with van der Waals surface area (Å²) >= 11 is 0. The molecule has 0 aromatic heterocycles. The fraction of sp³-hybridized carbons (Fsp3) is 0.286. The number of ether oxygens (including phenoxy) is 2. The minimum absolute atomic E-state index is 0.0470. The maximum absolute atomic E-state index is 12.5. The molecule has 4 rings (SSSR count). The number of hydrogen-bond donors (Lipinski definition) is 1. The van der Waals surface area contributed by atoms with E-state index in [2.05, 4.69) is 16.3 Å². The van der Waals surface area contributed by atoms with Gasteiger partial charge in [-0.15, -0.1) is 0 Å². The van der Waals surface area contributed by atoms with Crippen molar-refractivity contribution in [3.8, 4) is 11.5 Å². The number of para-hydroxylation sites is 1. The van der Waals surface area contributed by atoms with E-state index in [0.29, 0.717) is 23.4 Å². The molecule has 1 fully saturated rings. The average molecular weight is 459 g/mol. The van der Waals surface area contributed by atoms with Gasteiger partial charge in [0.25, 0.3) is 5.91 Å². The van der Waals surface area contributed by atoms with Crippen LogP contribution in [0.1, 0.15) is 40.4 Å². The number of carbonyl (C=O) groups excluding carboxylic acids is 2. The van der Waals surface area contributed by atoms with Gasteiger partial charge in [-0.1, -0.05) is 48.5 Å². The van der Waals surface area contributed by atoms with E-state index >= 15 is 0 Å². The second kappa shape index (κ2) is 11.5. The molecule has 1 amide bonds. The van der Waals surface area contributed by atoms with E-state index < -0.39 is 0 Å². The molecule has 176 valence electrons. The Balaban J connectivity index is 1.32. The molecular weight excluding hydrogens is 428 g/mol. The van der Waals surface area contributed by atoms with Crippen molar-refractivity contribution < 1.29 is 19.1 Å². The van der Waals surface area contributed by atoms with E-state index in [1.165, 1.54) is 0 Å². The van der Waals surface area contributed by atoms with Crippen LogP contribution in [0.5, 0.6) is 11.5 Å². The van der Waals surface area contributed by atoms with Crippen LogP contribution < -0.4 is 14.8 Å². The Morgan fingerprint density at radius 1 is 0.882 bits per heavy atom. The summed E-state index contributed by atoms with van der Waals surface area (Å²) in [5.74, 6) is 1.13. The first-order valence-electron chi connectivity index (χ1n) is 11.6. The van der Waals surface area contributed by atoms with Crippen LogP contribution in [0.2, 0.25) is 0 Å². The molecule has 1 N–H and O–H groups in total. The van der Waals surface area contributed by atoms with Crippen molar-refractivity contribution in [2.75, 3.05) is 33.4 Å². The molecule has 1 heterocycles. The summed E-state index contributed by atoms with van der Waals surface area (Å²) in [6, 6.07) is 24.0. The lowest BCUT2D eigenvalue weighted by molar-refractivity contribution is -0.123. The average Bonchev–Trinajstić information content (AvgIpc) is 3.43. The molecule has 0 saturated carbocycles. The number of rotatable bonds is 10. The zero-order valence-corrected chi connectivity index (χ0v) is 19.4. The number of benzene rings is 3. The standard InChI is InChI=1S/C28H30N2O4/c1-33-26-12-6-5-11-24(26)25(30-17-7-8-18-30)19-29-27(31)20-34-23-15-13-22(14-16-23)28(32)21-9-3-2-4-10-21/h2-6,9-16,25H,7-8,17-20H2,1H3,(H,29,31)/t25-/m0/s1. The highest BCUT2D eigenvalue weighted by atomic mass is 16.5. The highest BCUT2D eigenvalue weighted by Gasteiger charge is 2.26. The van der Waals surface area contributed by atoms with Crippen molar-refractivity contribution >= 4 is 11.7 Å². The topological polar surface area (TPSA) is 67.9 Å². The van der Waals surface area contributed by atoms with Gasteiger partial charge in [0, 0.05) is 23.2 Å². The van der Waals surface area contributed by atoms with Crippen molar-refractivity contribution in [1.29, 1.82) is 0 Å². The number of ketones is 1. The summed E-state index contributed by atoms with van der Waals surface area (Å²) in [6.07, 6.45) is 2.32. The van der Waals surface area contributed by atoms with E-state index in [0.717, 1.165) is 37.2 Å². The number of nitrogens with zero attached hydrogens (tertiary/aromatic N) is 1. The maximum atomic E-state index is 12.5. The Morgan fingerprint density at radius 3 is 2.24 bits per heavy atom. The molecule has 0 unspecified atom stereocenters. The van der Waals surface area contributed by atoms with Gasteiger partial charge >= 0.3 is 0 Å². The first kappa shape index (κ1) is 23.5. The third-order valence-corrected chi connectivity index (χ3v) is 6.09. The smallest absolute Gasteiger partial charge is 0.258 e. The first-order chi connectivity index (χ1) is 16.7. The van der Waals surface area contributed by atoms with Gasteiger partial charge in [0.15, 0.2) is 12.4 Å². The highest BCUT2D eigenvalue weighted by molar-refractivity contribution is 6.08. The Hall–Kier alpha value is -3.64. The molecule has 0 spiro atoms.